The lowest BCUT2D eigenvalue weighted by Crippen LogP contribution is -2.05. The first-order valence-corrected chi connectivity index (χ1v) is 5.32. The molecule has 0 saturated heterocycles. The number of hydrogen-bond donors (Lipinski definition) is 2. The minimum Gasteiger partial charge on any atom is -0.316 e. The van der Waals surface area contributed by atoms with E-state index in [-0.39, 0.29) is 0 Å². The number of rotatable bonds is 3. The second-order valence-corrected chi connectivity index (χ2v) is 3.97. The molecule has 0 aliphatic carbocycles. The van der Waals surface area contributed by atoms with Gasteiger partial charge in [-0.15, -0.1) is 0 Å². The van der Waals surface area contributed by atoms with Gasteiger partial charge in [0.15, 0.2) is 0 Å². The standard InChI is InChI=1S/C11H17N5/c1-7-10(8(2)16(4)15-7)11-9(5-12-3)6-13-14-11/h6,12H,5H2,1-4H3,(H,13,14). The van der Waals surface area contributed by atoms with Gasteiger partial charge in [0.25, 0.3) is 0 Å². The molecular weight excluding hydrogens is 202 g/mol. The fourth-order valence-corrected chi connectivity index (χ4v) is 1.99. The molecule has 0 atom stereocenters. The van der Waals surface area contributed by atoms with Gasteiger partial charge in [-0.1, -0.05) is 0 Å². The Bertz CT molecular complexity index is 494. The molecule has 0 unspecified atom stereocenters. The van der Waals surface area contributed by atoms with Gasteiger partial charge in [0, 0.05) is 30.4 Å². The number of hydrogen-bond acceptors (Lipinski definition) is 3. The average Bonchev–Trinajstić information content (AvgIpc) is 2.75. The van der Waals surface area contributed by atoms with E-state index >= 15 is 0 Å². The summed E-state index contributed by atoms with van der Waals surface area (Å²) >= 11 is 0. The van der Waals surface area contributed by atoms with E-state index in [0.717, 1.165) is 29.2 Å². The van der Waals surface area contributed by atoms with Crippen LogP contribution in [0, 0.1) is 13.8 Å². The molecular formula is C11H17N5. The quantitative estimate of drug-likeness (QED) is 0.814. The Kier molecular flexibility index (Phi) is 2.78. The van der Waals surface area contributed by atoms with E-state index in [4.69, 9.17) is 0 Å². The summed E-state index contributed by atoms with van der Waals surface area (Å²) in [6, 6.07) is 0. The van der Waals surface area contributed by atoms with E-state index in [1.54, 1.807) is 0 Å². The van der Waals surface area contributed by atoms with Crippen LogP contribution < -0.4 is 5.32 Å². The Morgan fingerprint density at radius 2 is 2.19 bits per heavy atom. The molecule has 86 valence electrons. The maximum atomic E-state index is 4.42. The molecule has 0 radical (unpaired) electrons. The average molecular weight is 219 g/mol. The summed E-state index contributed by atoms with van der Waals surface area (Å²) in [7, 11) is 3.89. The Labute approximate surface area is 94.9 Å². The smallest absolute Gasteiger partial charge is 0.0732 e. The van der Waals surface area contributed by atoms with Crippen molar-refractivity contribution in [1.29, 1.82) is 0 Å². The Hall–Kier alpha value is -1.62. The Morgan fingerprint density at radius 1 is 1.44 bits per heavy atom. The molecule has 0 saturated carbocycles. The third-order valence-electron chi connectivity index (χ3n) is 2.84. The molecule has 2 N–H and O–H groups in total. The van der Waals surface area contributed by atoms with Crippen molar-refractivity contribution < 1.29 is 0 Å². The predicted octanol–water partition coefficient (Wildman–Crippen LogP) is 1.15. The van der Waals surface area contributed by atoms with E-state index in [1.165, 1.54) is 5.56 Å². The highest BCUT2D eigenvalue weighted by Crippen LogP contribution is 2.27. The lowest BCUT2D eigenvalue weighted by molar-refractivity contribution is 0.731. The highest BCUT2D eigenvalue weighted by Gasteiger charge is 2.16. The van der Waals surface area contributed by atoms with Crippen LogP contribution in [0.5, 0.6) is 0 Å². The van der Waals surface area contributed by atoms with Gasteiger partial charge >= 0.3 is 0 Å². The van der Waals surface area contributed by atoms with Crippen LogP contribution in [-0.4, -0.2) is 27.0 Å². The summed E-state index contributed by atoms with van der Waals surface area (Å²) in [5.74, 6) is 0. The summed E-state index contributed by atoms with van der Waals surface area (Å²) in [6.45, 7) is 4.89. The van der Waals surface area contributed by atoms with Crippen LogP contribution in [0.4, 0.5) is 0 Å². The maximum absolute atomic E-state index is 4.42. The molecule has 0 amide bonds. The fourth-order valence-electron chi connectivity index (χ4n) is 1.99. The second-order valence-electron chi connectivity index (χ2n) is 3.97. The first-order chi connectivity index (χ1) is 7.65. The van der Waals surface area contributed by atoms with Crippen LogP contribution in [0.1, 0.15) is 17.0 Å². The summed E-state index contributed by atoms with van der Waals surface area (Å²) < 4.78 is 1.90. The third kappa shape index (κ3) is 1.63. The number of H-pyrrole nitrogens is 1. The molecule has 0 aromatic carbocycles. The van der Waals surface area contributed by atoms with Gasteiger partial charge in [-0.3, -0.25) is 9.78 Å². The molecule has 2 heterocycles. The van der Waals surface area contributed by atoms with Crippen molar-refractivity contribution >= 4 is 0 Å². The molecule has 5 nitrogen and oxygen atoms in total. The highest BCUT2D eigenvalue weighted by molar-refractivity contribution is 5.67. The number of aromatic nitrogens is 4. The minimum atomic E-state index is 0.805. The zero-order valence-electron chi connectivity index (χ0n) is 10.1. The first kappa shape index (κ1) is 10.9. The van der Waals surface area contributed by atoms with Gasteiger partial charge in [0.05, 0.1) is 17.6 Å². The maximum Gasteiger partial charge on any atom is 0.0732 e. The van der Waals surface area contributed by atoms with E-state index < -0.39 is 0 Å². The molecule has 5 heteroatoms. The molecule has 0 bridgehead atoms. The van der Waals surface area contributed by atoms with E-state index in [0.29, 0.717) is 0 Å². The zero-order valence-corrected chi connectivity index (χ0v) is 10.1. The Morgan fingerprint density at radius 3 is 2.75 bits per heavy atom. The van der Waals surface area contributed by atoms with Gasteiger partial charge in [-0.25, -0.2) is 0 Å². The van der Waals surface area contributed by atoms with Crippen molar-refractivity contribution in [3.05, 3.63) is 23.1 Å². The second kappa shape index (κ2) is 4.09. The van der Waals surface area contributed by atoms with Crippen LogP contribution in [0.15, 0.2) is 6.20 Å². The molecule has 2 aromatic heterocycles. The normalized spacial score (nSPS) is 11.0. The number of nitrogens with one attached hydrogen (secondary N) is 2. The van der Waals surface area contributed by atoms with Crippen LogP contribution >= 0.6 is 0 Å². The van der Waals surface area contributed by atoms with Crippen LogP contribution in [0.3, 0.4) is 0 Å². The van der Waals surface area contributed by atoms with Gasteiger partial charge in [0.2, 0.25) is 0 Å². The summed E-state index contributed by atoms with van der Waals surface area (Å²) in [5, 5.41) is 14.7. The molecule has 16 heavy (non-hydrogen) atoms. The largest absolute Gasteiger partial charge is 0.316 e. The van der Waals surface area contributed by atoms with Crippen LogP contribution in [0.2, 0.25) is 0 Å². The number of aromatic amines is 1. The van der Waals surface area contributed by atoms with E-state index in [9.17, 15) is 0 Å². The molecule has 0 aliphatic heterocycles. The predicted molar refractivity (Wildman–Crippen MR) is 63.0 cm³/mol. The SMILES string of the molecule is CNCc1cn[nH]c1-c1c(C)nn(C)c1C. The molecule has 0 aliphatic rings. The van der Waals surface area contributed by atoms with Crippen molar-refractivity contribution in [1.82, 2.24) is 25.3 Å². The lowest BCUT2D eigenvalue weighted by Gasteiger charge is -2.03. The van der Waals surface area contributed by atoms with Crippen molar-refractivity contribution in [2.45, 2.75) is 20.4 Å². The molecule has 2 aromatic rings. The van der Waals surface area contributed by atoms with Crippen molar-refractivity contribution in [2.75, 3.05) is 7.05 Å². The number of aryl methyl sites for hydroxylation is 2. The van der Waals surface area contributed by atoms with Crippen molar-refractivity contribution in [2.24, 2.45) is 7.05 Å². The molecule has 0 fully saturated rings. The van der Waals surface area contributed by atoms with Gasteiger partial charge in [-0.2, -0.15) is 10.2 Å². The fraction of sp³-hybridized carbons (Fsp3) is 0.455. The van der Waals surface area contributed by atoms with E-state index in [1.807, 2.05) is 31.9 Å². The Balaban J connectivity index is 2.54. The van der Waals surface area contributed by atoms with E-state index in [2.05, 4.69) is 27.5 Å². The van der Waals surface area contributed by atoms with Crippen molar-refractivity contribution in [3.8, 4) is 11.3 Å². The number of nitrogens with zero attached hydrogens (tertiary/aromatic N) is 3. The van der Waals surface area contributed by atoms with Crippen molar-refractivity contribution in [3.63, 3.8) is 0 Å². The lowest BCUT2D eigenvalue weighted by atomic mass is 10.1. The minimum absolute atomic E-state index is 0.805. The van der Waals surface area contributed by atoms with Gasteiger partial charge in [0.1, 0.15) is 0 Å². The van der Waals surface area contributed by atoms with Gasteiger partial charge in [-0.05, 0) is 20.9 Å². The summed E-state index contributed by atoms with van der Waals surface area (Å²) in [6.07, 6.45) is 1.86. The molecule has 2 rings (SSSR count). The third-order valence-corrected chi connectivity index (χ3v) is 2.84. The topological polar surface area (TPSA) is 58.5 Å². The first-order valence-electron chi connectivity index (χ1n) is 5.32. The zero-order chi connectivity index (χ0) is 11.7. The van der Waals surface area contributed by atoms with Crippen LogP contribution in [0.25, 0.3) is 11.3 Å². The molecule has 0 spiro atoms. The monoisotopic (exact) mass is 219 g/mol. The van der Waals surface area contributed by atoms with Gasteiger partial charge < -0.3 is 5.32 Å². The summed E-state index contributed by atoms with van der Waals surface area (Å²) in [4.78, 5) is 0. The van der Waals surface area contributed by atoms with Crippen LogP contribution in [-0.2, 0) is 13.6 Å². The highest BCUT2D eigenvalue weighted by atomic mass is 15.3. The summed E-state index contributed by atoms with van der Waals surface area (Å²) in [5.41, 5.74) is 5.57.